The average Bonchev–Trinajstić information content (AvgIpc) is 3.13. The Kier molecular flexibility index (Phi) is 5.16. The molecule has 2 fully saturated rings. The van der Waals surface area contributed by atoms with Gasteiger partial charge in [-0.3, -0.25) is 19.9 Å². The molecule has 144 valence electrons. The van der Waals surface area contributed by atoms with Crippen LogP contribution in [0.3, 0.4) is 0 Å². The van der Waals surface area contributed by atoms with Crippen LogP contribution in [0.1, 0.15) is 29.8 Å². The first kappa shape index (κ1) is 17.7. The number of imidazole rings is 1. The molecule has 10 heteroatoms. The van der Waals surface area contributed by atoms with Crippen LogP contribution >= 0.6 is 0 Å². The summed E-state index contributed by atoms with van der Waals surface area (Å²) in [4.78, 5) is 23.9. The van der Waals surface area contributed by atoms with Gasteiger partial charge in [-0.05, 0) is 25.8 Å². The maximum absolute atomic E-state index is 12.7. The Bertz CT molecular complexity index is 824. The highest BCUT2D eigenvalue weighted by molar-refractivity contribution is 5.93. The maximum atomic E-state index is 12.7. The number of morpholine rings is 1. The van der Waals surface area contributed by atoms with E-state index in [9.17, 15) is 4.79 Å². The average molecular weight is 372 g/mol. The molecule has 0 aliphatic carbocycles. The number of nitrogens with one attached hydrogen (secondary N) is 3. The molecule has 0 saturated carbocycles. The molecule has 4 rings (SSSR count). The molecule has 0 spiro atoms. The zero-order valence-electron chi connectivity index (χ0n) is 15.1. The molecule has 1 amide bonds. The zero-order valence-corrected chi connectivity index (χ0v) is 15.1. The summed E-state index contributed by atoms with van der Waals surface area (Å²) in [6.45, 7) is 7.08. The molecule has 2 saturated heterocycles. The van der Waals surface area contributed by atoms with Crippen molar-refractivity contribution < 1.29 is 9.53 Å². The van der Waals surface area contributed by atoms with Crippen LogP contribution in [-0.2, 0) is 4.74 Å². The van der Waals surface area contributed by atoms with Gasteiger partial charge < -0.3 is 15.0 Å². The monoisotopic (exact) mass is 372 g/mol. The molecule has 0 aromatic carbocycles. The van der Waals surface area contributed by atoms with E-state index in [0.717, 1.165) is 38.9 Å². The number of aromatic nitrogens is 3. The van der Waals surface area contributed by atoms with Crippen LogP contribution in [0.15, 0.2) is 17.4 Å². The summed E-state index contributed by atoms with van der Waals surface area (Å²) < 4.78 is 7.27. The Labute approximate surface area is 157 Å². The Balaban J connectivity index is 1.64. The number of hydrazone groups is 1. The molecule has 3 N–H and O–H groups in total. The summed E-state index contributed by atoms with van der Waals surface area (Å²) in [6.07, 6.45) is 4.91. The van der Waals surface area contributed by atoms with E-state index in [1.165, 1.54) is 0 Å². The van der Waals surface area contributed by atoms with Crippen molar-refractivity contribution in [3.63, 3.8) is 0 Å². The van der Waals surface area contributed by atoms with E-state index in [1.807, 2.05) is 4.40 Å². The fourth-order valence-corrected chi connectivity index (χ4v) is 3.41. The van der Waals surface area contributed by atoms with E-state index < -0.39 is 0 Å². The van der Waals surface area contributed by atoms with Gasteiger partial charge in [0.05, 0.1) is 19.4 Å². The zero-order chi connectivity index (χ0) is 18.6. The Morgan fingerprint density at radius 3 is 2.93 bits per heavy atom. The quantitative estimate of drug-likeness (QED) is 0.516. The molecular formula is C17H24N8O2. The summed E-state index contributed by atoms with van der Waals surface area (Å²) in [5, 5.41) is 10.0. The van der Waals surface area contributed by atoms with Gasteiger partial charge in [0.25, 0.3) is 5.91 Å². The van der Waals surface area contributed by atoms with Gasteiger partial charge in [-0.1, -0.05) is 0 Å². The molecule has 1 atom stereocenters. The molecule has 2 aliphatic rings. The van der Waals surface area contributed by atoms with E-state index >= 15 is 0 Å². The minimum absolute atomic E-state index is 0.00454. The predicted octanol–water partition coefficient (Wildman–Crippen LogP) is 0.423. The summed E-state index contributed by atoms with van der Waals surface area (Å²) in [7, 11) is 0. The van der Waals surface area contributed by atoms with Crippen molar-refractivity contribution >= 4 is 30.0 Å². The largest absolute Gasteiger partial charge is 0.378 e. The number of anilines is 2. The van der Waals surface area contributed by atoms with Crippen LogP contribution in [0.5, 0.6) is 0 Å². The second kappa shape index (κ2) is 7.89. The fraction of sp³-hybridized carbons (Fsp3) is 0.529. The fourth-order valence-electron chi connectivity index (χ4n) is 3.41. The predicted molar refractivity (Wildman–Crippen MR) is 102 cm³/mol. The minimum atomic E-state index is -0.192. The number of nitrogens with zero attached hydrogens (tertiary/aromatic N) is 5. The first-order valence-electron chi connectivity index (χ1n) is 9.23. The highest BCUT2D eigenvalue weighted by Crippen LogP contribution is 2.21. The number of rotatable bonds is 5. The van der Waals surface area contributed by atoms with Gasteiger partial charge >= 0.3 is 0 Å². The third-order valence-corrected chi connectivity index (χ3v) is 4.77. The molecule has 27 heavy (non-hydrogen) atoms. The van der Waals surface area contributed by atoms with Gasteiger partial charge in [-0.25, -0.2) is 4.98 Å². The number of amides is 1. The van der Waals surface area contributed by atoms with E-state index in [1.54, 1.807) is 12.3 Å². The number of carbonyl (C=O) groups excluding carboxylic acids is 1. The van der Waals surface area contributed by atoms with Crippen molar-refractivity contribution in [3.8, 4) is 0 Å². The Morgan fingerprint density at radius 1 is 1.33 bits per heavy atom. The number of ether oxygens (including phenoxy) is 1. The van der Waals surface area contributed by atoms with Crippen molar-refractivity contribution in [2.75, 3.05) is 43.2 Å². The van der Waals surface area contributed by atoms with Crippen LogP contribution in [-0.4, -0.2) is 66.0 Å². The van der Waals surface area contributed by atoms with E-state index in [0.29, 0.717) is 36.3 Å². The number of fused-ring (bicyclic) bond motifs is 1. The van der Waals surface area contributed by atoms with Crippen molar-refractivity contribution in [1.82, 2.24) is 25.0 Å². The van der Waals surface area contributed by atoms with Crippen molar-refractivity contribution in [2.45, 2.75) is 25.4 Å². The topological polar surface area (TPSA) is 108 Å². The van der Waals surface area contributed by atoms with Crippen LogP contribution < -0.4 is 21.0 Å². The van der Waals surface area contributed by atoms with Gasteiger partial charge in [0, 0.05) is 32.1 Å². The van der Waals surface area contributed by atoms with E-state index in [-0.39, 0.29) is 12.1 Å². The molecule has 1 unspecified atom stereocenters. The first-order chi connectivity index (χ1) is 13.2. The second-order valence-corrected chi connectivity index (χ2v) is 6.64. The summed E-state index contributed by atoms with van der Waals surface area (Å²) in [5.41, 5.74) is 3.75. The van der Waals surface area contributed by atoms with Crippen LogP contribution in [0, 0.1) is 0 Å². The lowest BCUT2D eigenvalue weighted by molar-refractivity contribution is 0.0917. The highest BCUT2D eigenvalue weighted by Gasteiger charge is 2.22. The maximum Gasteiger partial charge on any atom is 0.272 e. The number of hydrogen-bond donors (Lipinski definition) is 3. The number of carbonyl (C=O) groups is 1. The third kappa shape index (κ3) is 3.86. The molecular weight excluding hydrogens is 348 g/mol. The minimum Gasteiger partial charge on any atom is -0.378 e. The normalized spacial score (nSPS) is 20.4. The van der Waals surface area contributed by atoms with Crippen LogP contribution in [0.25, 0.3) is 5.65 Å². The van der Waals surface area contributed by atoms with Crippen LogP contribution in [0.2, 0.25) is 0 Å². The van der Waals surface area contributed by atoms with Gasteiger partial charge in [-0.15, -0.1) is 0 Å². The summed E-state index contributed by atoms with van der Waals surface area (Å²) in [6, 6.07) is 1.74. The van der Waals surface area contributed by atoms with Gasteiger partial charge in [0.15, 0.2) is 5.82 Å². The number of hydrogen-bond acceptors (Lipinski definition) is 8. The van der Waals surface area contributed by atoms with Crippen molar-refractivity contribution in [3.05, 3.63) is 18.0 Å². The summed E-state index contributed by atoms with van der Waals surface area (Å²) >= 11 is 0. The molecule has 0 bridgehead atoms. The van der Waals surface area contributed by atoms with Crippen molar-refractivity contribution in [2.24, 2.45) is 5.10 Å². The number of piperidine rings is 1. The second-order valence-electron chi connectivity index (χ2n) is 6.64. The Hall–Kier alpha value is -2.72. The Morgan fingerprint density at radius 2 is 2.19 bits per heavy atom. The van der Waals surface area contributed by atoms with E-state index in [4.69, 9.17) is 4.74 Å². The van der Waals surface area contributed by atoms with Gasteiger partial charge in [0.1, 0.15) is 11.3 Å². The SMILES string of the molecule is C=NNc1cc2nc(C(=O)NC3CCCCN3)cn2c(N2CCOCC2)n1. The molecule has 4 heterocycles. The lowest BCUT2D eigenvalue weighted by atomic mass is 10.1. The molecule has 2 aliphatic heterocycles. The van der Waals surface area contributed by atoms with E-state index in [2.05, 4.69) is 42.7 Å². The highest BCUT2D eigenvalue weighted by atomic mass is 16.5. The summed E-state index contributed by atoms with van der Waals surface area (Å²) in [5.74, 6) is 1.04. The van der Waals surface area contributed by atoms with Gasteiger partial charge in [-0.2, -0.15) is 10.1 Å². The first-order valence-corrected chi connectivity index (χ1v) is 9.23. The lowest BCUT2D eigenvalue weighted by Gasteiger charge is -2.28. The smallest absolute Gasteiger partial charge is 0.272 e. The third-order valence-electron chi connectivity index (χ3n) is 4.77. The lowest BCUT2D eigenvalue weighted by Crippen LogP contribution is -2.47. The molecule has 2 aromatic heterocycles. The van der Waals surface area contributed by atoms with Crippen molar-refractivity contribution in [1.29, 1.82) is 0 Å². The molecule has 10 nitrogen and oxygen atoms in total. The molecule has 0 radical (unpaired) electrons. The van der Waals surface area contributed by atoms with Crippen LogP contribution in [0.4, 0.5) is 11.8 Å². The standard InChI is InChI=1S/C17H24N8O2/c1-18-23-14-10-15-20-12(16(26)21-13-4-2-3-5-19-13)11-25(15)17(22-14)24-6-8-27-9-7-24/h10-11,13,19,23H,1-9H2,(H,21,26). The van der Waals surface area contributed by atoms with Gasteiger partial charge in [0.2, 0.25) is 5.95 Å². The molecule has 2 aromatic rings.